The van der Waals surface area contributed by atoms with E-state index in [1.54, 1.807) is 32.5 Å². The molecular weight excluding hydrogens is 358 g/mol. The lowest BCUT2D eigenvalue weighted by atomic mass is 10.3. The molecule has 1 heterocycles. The highest BCUT2D eigenvalue weighted by Gasteiger charge is 2.09. The van der Waals surface area contributed by atoms with Crippen LogP contribution in [-0.2, 0) is 0 Å². The van der Waals surface area contributed by atoms with Crippen LogP contribution >= 0.6 is 0 Å². The van der Waals surface area contributed by atoms with Crippen LogP contribution in [-0.4, -0.2) is 35.5 Å². The van der Waals surface area contributed by atoms with Crippen LogP contribution < -0.4 is 24.8 Å². The Labute approximate surface area is 163 Å². The highest BCUT2D eigenvalue weighted by molar-refractivity contribution is 5.65. The number of hydrogen-bond donors (Lipinski definition) is 2. The van der Waals surface area contributed by atoms with Gasteiger partial charge in [0.25, 0.3) is 0 Å². The van der Waals surface area contributed by atoms with Gasteiger partial charge in [0, 0.05) is 11.8 Å². The number of para-hydroxylation sites is 2. The van der Waals surface area contributed by atoms with E-state index in [2.05, 4.69) is 25.8 Å². The minimum atomic E-state index is 0.0637. The SMILES string of the molecule is COc1ccc(Nc2nncc(Nc3ccccc3OC(C)C)n2)cc1OC. The largest absolute Gasteiger partial charge is 0.493 e. The summed E-state index contributed by atoms with van der Waals surface area (Å²) < 4.78 is 16.4. The Morgan fingerprint density at radius 3 is 2.43 bits per heavy atom. The van der Waals surface area contributed by atoms with Gasteiger partial charge in [-0.25, -0.2) is 0 Å². The maximum atomic E-state index is 5.82. The third-order valence-corrected chi connectivity index (χ3v) is 3.71. The molecule has 3 aromatic rings. The molecule has 28 heavy (non-hydrogen) atoms. The number of benzene rings is 2. The molecule has 0 radical (unpaired) electrons. The molecule has 2 N–H and O–H groups in total. The fourth-order valence-electron chi connectivity index (χ4n) is 2.52. The predicted octanol–water partition coefficient (Wildman–Crippen LogP) is 4.16. The number of ether oxygens (including phenoxy) is 3. The third kappa shape index (κ3) is 4.79. The van der Waals surface area contributed by atoms with Gasteiger partial charge in [0.1, 0.15) is 5.75 Å². The standard InChI is InChI=1S/C20H23N5O3/c1-13(2)28-16-8-6-5-7-15(16)23-19-12-21-25-20(24-19)22-14-9-10-17(26-3)18(11-14)27-4/h5-13H,1-4H3,(H2,22,23,24,25). The molecule has 1 aromatic heterocycles. The van der Waals surface area contributed by atoms with Crippen molar-refractivity contribution in [2.45, 2.75) is 20.0 Å². The lowest BCUT2D eigenvalue weighted by molar-refractivity contribution is 0.244. The molecular formula is C20H23N5O3. The first-order chi connectivity index (χ1) is 13.6. The van der Waals surface area contributed by atoms with Crippen LogP contribution in [0.5, 0.6) is 17.2 Å². The van der Waals surface area contributed by atoms with Gasteiger partial charge in [0.05, 0.1) is 32.2 Å². The summed E-state index contributed by atoms with van der Waals surface area (Å²) in [6, 6.07) is 13.1. The predicted molar refractivity (Wildman–Crippen MR) is 108 cm³/mol. The zero-order valence-corrected chi connectivity index (χ0v) is 16.3. The molecule has 0 fully saturated rings. The van der Waals surface area contributed by atoms with E-state index in [1.165, 1.54) is 0 Å². The molecule has 0 spiro atoms. The number of nitrogens with one attached hydrogen (secondary N) is 2. The fourth-order valence-corrected chi connectivity index (χ4v) is 2.52. The van der Waals surface area contributed by atoms with Crippen LogP contribution in [0.15, 0.2) is 48.7 Å². The van der Waals surface area contributed by atoms with Crippen LogP contribution in [0.4, 0.5) is 23.1 Å². The summed E-state index contributed by atoms with van der Waals surface area (Å²) >= 11 is 0. The molecule has 0 unspecified atom stereocenters. The Morgan fingerprint density at radius 1 is 0.893 bits per heavy atom. The molecule has 2 aromatic carbocycles. The van der Waals surface area contributed by atoms with Crippen molar-refractivity contribution in [2.75, 3.05) is 24.9 Å². The summed E-state index contributed by atoms with van der Waals surface area (Å²) in [6.07, 6.45) is 1.61. The smallest absolute Gasteiger partial charge is 0.249 e. The minimum Gasteiger partial charge on any atom is -0.493 e. The topological polar surface area (TPSA) is 90.4 Å². The lowest BCUT2D eigenvalue weighted by Crippen LogP contribution is -2.08. The normalized spacial score (nSPS) is 10.5. The average molecular weight is 381 g/mol. The number of rotatable bonds is 8. The minimum absolute atomic E-state index is 0.0637. The van der Waals surface area contributed by atoms with Crippen LogP contribution in [0.2, 0.25) is 0 Å². The molecule has 0 amide bonds. The number of anilines is 4. The van der Waals surface area contributed by atoms with Gasteiger partial charge in [-0.2, -0.15) is 10.1 Å². The number of nitrogens with zero attached hydrogens (tertiary/aromatic N) is 3. The molecule has 0 atom stereocenters. The van der Waals surface area contributed by atoms with Crippen molar-refractivity contribution in [3.05, 3.63) is 48.7 Å². The quantitative estimate of drug-likeness (QED) is 0.601. The Hall–Kier alpha value is -3.55. The van der Waals surface area contributed by atoms with Crippen molar-refractivity contribution >= 4 is 23.1 Å². The highest BCUT2D eigenvalue weighted by atomic mass is 16.5. The summed E-state index contributed by atoms with van der Waals surface area (Å²) in [5, 5.41) is 14.4. The van der Waals surface area contributed by atoms with E-state index in [4.69, 9.17) is 14.2 Å². The van der Waals surface area contributed by atoms with E-state index in [9.17, 15) is 0 Å². The number of hydrogen-bond acceptors (Lipinski definition) is 8. The lowest BCUT2D eigenvalue weighted by Gasteiger charge is -2.15. The zero-order valence-electron chi connectivity index (χ0n) is 16.3. The Kier molecular flexibility index (Phi) is 6.11. The van der Waals surface area contributed by atoms with E-state index >= 15 is 0 Å². The molecule has 3 rings (SSSR count). The molecule has 0 bridgehead atoms. The van der Waals surface area contributed by atoms with Crippen molar-refractivity contribution in [1.29, 1.82) is 0 Å². The Morgan fingerprint density at radius 2 is 1.68 bits per heavy atom. The van der Waals surface area contributed by atoms with Crippen LogP contribution in [0.3, 0.4) is 0 Å². The first kappa shape index (κ1) is 19.2. The molecule has 8 nitrogen and oxygen atoms in total. The van der Waals surface area contributed by atoms with Gasteiger partial charge >= 0.3 is 0 Å². The van der Waals surface area contributed by atoms with Crippen LogP contribution in [0.25, 0.3) is 0 Å². The van der Waals surface area contributed by atoms with Crippen LogP contribution in [0.1, 0.15) is 13.8 Å². The molecule has 0 aliphatic rings. The summed E-state index contributed by atoms with van der Waals surface area (Å²) in [5.74, 6) is 2.88. The second-order valence-electron chi connectivity index (χ2n) is 6.15. The Balaban J connectivity index is 1.78. The van der Waals surface area contributed by atoms with E-state index in [-0.39, 0.29) is 6.10 Å². The van der Waals surface area contributed by atoms with Crippen molar-refractivity contribution in [1.82, 2.24) is 15.2 Å². The Bertz CT molecular complexity index is 933. The molecule has 0 saturated carbocycles. The van der Waals surface area contributed by atoms with Crippen molar-refractivity contribution in [3.63, 3.8) is 0 Å². The van der Waals surface area contributed by atoms with Crippen molar-refractivity contribution in [3.8, 4) is 17.2 Å². The van der Waals surface area contributed by atoms with Gasteiger partial charge in [0.2, 0.25) is 5.95 Å². The van der Waals surface area contributed by atoms with Gasteiger partial charge in [-0.05, 0) is 38.1 Å². The van der Waals surface area contributed by atoms with E-state index in [0.717, 1.165) is 17.1 Å². The maximum Gasteiger partial charge on any atom is 0.249 e. The summed E-state index contributed by atoms with van der Waals surface area (Å²) in [4.78, 5) is 4.46. The molecule has 0 saturated heterocycles. The van der Waals surface area contributed by atoms with Gasteiger partial charge < -0.3 is 24.8 Å². The first-order valence-corrected chi connectivity index (χ1v) is 8.80. The fraction of sp³-hybridized carbons (Fsp3) is 0.250. The van der Waals surface area contributed by atoms with Gasteiger partial charge in [-0.1, -0.05) is 12.1 Å². The molecule has 0 aliphatic heterocycles. The molecule has 146 valence electrons. The molecule has 8 heteroatoms. The van der Waals surface area contributed by atoms with Gasteiger partial charge in [0.15, 0.2) is 17.3 Å². The second kappa shape index (κ2) is 8.90. The maximum absolute atomic E-state index is 5.82. The van der Waals surface area contributed by atoms with Crippen molar-refractivity contribution < 1.29 is 14.2 Å². The second-order valence-corrected chi connectivity index (χ2v) is 6.15. The third-order valence-electron chi connectivity index (χ3n) is 3.71. The first-order valence-electron chi connectivity index (χ1n) is 8.80. The van der Waals surface area contributed by atoms with E-state index < -0.39 is 0 Å². The monoisotopic (exact) mass is 381 g/mol. The number of aromatic nitrogens is 3. The average Bonchev–Trinajstić information content (AvgIpc) is 2.69. The molecule has 0 aliphatic carbocycles. The number of methoxy groups -OCH3 is 2. The summed E-state index contributed by atoms with van der Waals surface area (Å²) in [5.41, 5.74) is 1.55. The summed E-state index contributed by atoms with van der Waals surface area (Å²) in [6.45, 7) is 3.96. The van der Waals surface area contributed by atoms with E-state index in [0.29, 0.717) is 23.3 Å². The van der Waals surface area contributed by atoms with Crippen LogP contribution in [0, 0.1) is 0 Å². The van der Waals surface area contributed by atoms with Crippen molar-refractivity contribution in [2.24, 2.45) is 0 Å². The van der Waals surface area contributed by atoms with E-state index in [1.807, 2.05) is 44.2 Å². The zero-order chi connectivity index (χ0) is 19.9. The highest BCUT2D eigenvalue weighted by Crippen LogP contribution is 2.31. The summed E-state index contributed by atoms with van der Waals surface area (Å²) in [7, 11) is 3.18. The van der Waals surface area contributed by atoms with Gasteiger partial charge in [-0.15, -0.1) is 5.10 Å². The van der Waals surface area contributed by atoms with Gasteiger partial charge in [-0.3, -0.25) is 0 Å².